The van der Waals surface area contributed by atoms with Crippen molar-refractivity contribution in [3.05, 3.63) is 0 Å². The zero-order valence-corrected chi connectivity index (χ0v) is 11.2. The number of hydrogen-bond acceptors (Lipinski definition) is 5. The second kappa shape index (κ2) is 18.4. The molecule has 5 nitrogen and oxygen atoms in total. The Balaban J connectivity index is -0.000000137. The number of rotatable bonds is 2. The molecule has 0 aromatic rings. The van der Waals surface area contributed by atoms with Crippen molar-refractivity contribution in [1.29, 1.82) is 0 Å². The molecule has 10 heteroatoms. The summed E-state index contributed by atoms with van der Waals surface area (Å²) in [5.74, 6) is 0. The maximum absolute atomic E-state index is 9.29. The third-order valence-corrected chi connectivity index (χ3v) is 1.50. The quantitative estimate of drug-likeness (QED) is 0.545. The molecule has 0 heterocycles. The Morgan fingerprint density at radius 3 is 1.33 bits per heavy atom. The van der Waals surface area contributed by atoms with Crippen LogP contribution in [0.3, 0.4) is 0 Å². The average molecular weight is 351 g/mol. The van der Waals surface area contributed by atoms with Gasteiger partial charge in [-0.15, -0.1) is 0 Å². The van der Waals surface area contributed by atoms with Crippen LogP contribution >= 0.6 is 35.6 Å². The van der Waals surface area contributed by atoms with Crippen molar-refractivity contribution in [3.63, 3.8) is 0 Å². The van der Waals surface area contributed by atoms with Gasteiger partial charge in [0.2, 0.25) is 0 Å². The van der Waals surface area contributed by atoms with E-state index in [-0.39, 0.29) is 15.9 Å². The molecule has 12 heavy (non-hydrogen) atoms. The Hall–Kier alpha value is 1.58. The Morgan fingerprint density at radius 1 is 1.17 bits per heavy atom. The summed E-state index contributed by atoms with van der Waals surface area (Å²) in [6.07, 6.45) is 0. The molecule has 0 aliphatic heterocycles. The molecule has 0 N–H and O–H groups in total. The summed E-state index contributed by atoms with van der Waals surface area (Å²) in [6, 6.07) is 0. The maximum atomic E-state index is 9.29. The van der Waals surface area contributed by atoms with Gasteiger partial charge in [0.05, 0.1) is 0 Å². The summed E-state index contributed by atoms with van der Waals surface area (Å²) >= 11 is -0.106. The van der Waals surface area contributed by atoms with Gasteiger partial charge in [-0.2, -0.15) is 0 Å². The van der Waals surface area contributed by atoms with Crippen LogP contribution in [0, 0.1) is 0 Å². The molecule has 2 atom stereocenters. The number of hydrogen-bond donors (Lipinski definition) is 0. The van der Waals surface area contributed by atoms with Gasteiger partial charge < -0.3 is 18.9 Å². The molecular formula is C2H8Cl2O5P2Pd. The van der Waals surface area contributed by atoms with E-state index in [0.717, 1.165) is 0 Å². The van der Waals surface area contributed by atoms with E-state index in [0.29, 0.717) is 0 Å². The van der Waals surface area contributed by atoms with Gasteiger partial charge >= 0.3 is 35.0 Å². The van der Waals surface area contributed by atoms with Gasteiger partial charge in [-0.1, -0.05) is 13.8 Å². The van der Waals surface area contributed by atoms with Gasteiger partial charge in [0.15, 0.2) is 0 Å². The van der Waals surface area contributed by atoms with Crippen LogP contribution in [0.25, 0.3) is 0 Å². The molecule has 0 saturated heterocycles. The van der Waals surface area contributed by atoms with Crippen LogP contribution < -0.4 is 9.79 Å². The Bertz CT molecular complexity index is 112. The summed E-state index contributed by atoms with van der Waals surface area (Å²) in [5, 5.41) is 0. The van der Waals surface area contributed by atoms with Gasteiger partial charge in [0, 0.05) is 0 Å². The summed E-state index contributed by atoms with van der Waals surface area (Å²) in [6.45, 7) is 4.00. The van der Waals surface area contributed by atoms with E-state index in [1.165, 1.54) is 0 Å². The van der Waals surface area contributed by atoms with Crippen LogP contribution in [-0.4, -0.2) is 0 Å². The molecule has 0 aromatic carbocycles. The molecule has 0 saturated carbocycles. The van der Waals surface area contributed by atoms with Crippen LogP contribution in [0.1, 0.15) is 13.8 Å². The van der Waals surface area contributed by atoms with Gasteiger partial charge in [-0.3, -0.25) is 4.31 Å². The van der Waals surface area contributed by atoms with Gasteiger partial charge in [-0.25, -0.2) is 0 Å². The Labute approximate surface area is 88.4 Å². The fourth-order valence-corrected chi connectivity index (χ4v) is 0.612. The summed E-state index contributed by atoms with van der Waals surface area (Å²) < 4.78 is 21.8. The summed E-state index contributed by atoms with van der Waals surface area (Å²) in [5.41, 5.74) is 0. The summed E-state index contributed by atoms with van der Waals surface area (Å²) in [4.78, 5) is 18.6. The molecule has 0 aromatic heterocycles. The van der Waals surface area contributed by atoms with Gasteiger partial charge in [0.1, 0.15) is 16.5 Å². The van der Waals surface area contributed by atoms with Crippen molar-refractivity contribution in [1.82, 2.24) is 0 Å². The zero-order chi connectivity index (χ0) is 10.6. The molecule has 0 amide bonds. The van der Waals surface area contributed by atoms with E-state index >= 15 is 0 Å². The first-order valence-electron chi connectivity index (χ1n) is 2.46. The summed E-state index contributed by atoms with van der Waals surface area (Å²) in [7, 11) is 2.60. The average Bonchev–Trinajstić information content (AvgIpc) is 1.90. The van der Waals surface area contributed by atoms with Crippen molar-refractivity contribution < 1.29 is 39.2 Å². The molecule has 0 fully saturated rings. The standard InChI is InChI=1S/C2H6.2ClH.H4O5P2.Pd/c1-2;;;1-6(2)5-7(3)4;/h1-2H3;2*1H;6-7H,(H,1,2)(H,3,4);/q;;;;+4/p-4. The third kappa shape index (κ3) is 41.6. The molecule has 0 rings (SSSR count). The van der Waals surface area contributed by atoms with Crippen LogP contribution in [0.15, 0.2) is 0 Å². The van der Waals surface area contributed by atoms with Crippen molar-refractivity contribution in [2.75, 3.05) is 0 Å². The fourth-order valence-electron chi connectivity index (χ4n) is 0.0680. The van der Waals surface area contributed by atoms with Gasteiger partial charge in [0.25, 0.3) is 0 Å². The van der Waals surface area contributed by atoms with Crippen LogP contribution in [-0.2, 0) is 29.4 Å². The van der Waals surface area contributed by atoms with E-state index in [9.17, 15) is 18.9 Å². The molecule has 80 valence electrons. The Kier molecular flexibility index (Phi) is 29.4. The van der Waals surface area contributed by atoms with Crippen LogP contribution in [0.4, 0.5) is 0 Å². The second-order valence-electron chi connectivity index (χ2n) is 0.647. The monoisotopic (exact) mass is 350 g/mol. The van der Waals surface area contributed by atoms with Crippen LogP contribution in [0.2, 0.25) is 0 Å². The zero-order valence-electron chi connectivity index (χ0n) is 6.11. The topological polar surface area (TPSA) is 89.5 Å². The van der Waals surface area contributed by atoms with Crippen molar-refractivity contribution >= 4 is 35.6 Å². The van der Waals surface area contributed by atoms with E-state index in [1.54, 1.807) is 0 Å². The normalized spacial score (nSPS) is 13.2. The molecule has 0 aliphatic carbocycles. The predicted octanol–water partition coefficient (Wildman–Crippen LogP) is 0.906. The Morgan fingerprint density at radius 2 is 1.33 bits per heavy atom. The second-order valence-corrected chi connectivity index (χ2v) is 4.82. The van der Waals surface area contributed by atoms with E-state index in [4.69, 9.17) is 19.1 Å². The van der Waals surface area contributed by atoms with Crippen molar-refractivity contribution in [2.24, 2.45) is 0 Å². The molecule has 0 radical (unpaired) electrons. The molecular weight excluding hydrogens is 343 g/mol. The SMILES string of the molecule is CC.O=[PH]([O-])O[PH](=O)[O-].[Cl][Pd+2][Cl]. The van der Waals surface area contributed by atoms with Crippen molar-refractivity contribution in [2.45, 2.75) is 13.8 Å². The first kappa shape index (κ1) is 19.2. The minimum atomic E-state index is -3.51. The third-order valence-electron chi connectivity index (χ3n) is 0.167. The fraction of sp³-hybridized carbons (Fsp3) is 1.00. The van der Waals surface area contributed by atoms with E-state index in [2.05, 4.69) is 4.31 Å². The first-order chi connectivity index (χ1) is 5.54. The molecule has 0 spiro atoms. The number of halogens is 2. The van der Waals surface area contributed by atoms with E-state index in [1.807, 2.05) is 13.8 Å². The van der Waals surface area contributed by atoms with Gasteiger partial charge in [-0.05, 0) is 0 Å². The predicted molar refractivity (Wildman–Crippen MR) is 42.1 cm³/mol. The van der Waals surface area contributed by atoms with Crippen LogP contribution in [0.5, 0.6) is 0 Å². The molecule has 0 bridgehead atoms. The molecule has 0 aliphatic rings. The van der Waals surface area contributed by atoms with E-state index < -0.39 is 16.5 Å². The molecule has 2 unspecified atom stereocenters. The minimum absolute atomic E-state index is 0.106. The van der Waals surface area contributed by atoms with Crippen molar-refractivity contribution in [3.8, 4) is 0 Å². The first-order valence-corrected chi connectivity index (χ1v) is 8.92.